The molecule has 0 saturated heterocycles. The van der Waals surface area contributed by atoms with Crippen LogP contribution in [0.2, 0.25) is 0 Å². The Bertz CT molecular complexity index is 571. The summed E-state index contributed by atoms with van der Waals surface area (Å²) in [5, 5.41) is 4.18. The maximum Gasteiger partial charge on any atom is 0.133 e. The number of para-hydroxylation sites is 1. The number of nitrogens with one attached hydrogen (secondary N) is 1. The van der Waals surface area contributed by atoms with E-state index in [1.807, 2.05) is 37.6 Å². The number of thioether (sulfide) groups is 1. The van der Waals surface area contributed by atoms with Gasteiger partial charge < -0.3 is 4.74 Å². The van der Waals surface area contributed by atoms with Crippen LogP contribution in [-0.2, 0) is 7.05 Å². The molecule has 0 amide bonds. The number of ether oxygens (including phenoxy) is 1. The number of nitrogens with two attached hydrogens (primary N) is 1. The molecule has 3 N–H and O–H groups in total. The minimum Gasteiger partial charge on any atom is -0.486 e. The molecule has 1 aromatic heterocycles. The molecule has 2 atom stereocenters. The van der Waals surface area contributed by atoms with E-state index in [4.69, 9.17) is 10.6 Å². The lowest BCUT2D eigenvalue weighted by Crippen LogP contribution is -2.41. The fourth-order valence-corrected chi connectivity index (χ4v) is 3.26. The van der Waals surface area contributed by atoms with Crippen LogP contribution in [-0.4, -0.2) is 21.6 Å². The zero-order valence-corrected chi connectivity index (χ0v) is 11.4. The van der Waals surface area contributed by atoms with Gasteiger partial charge in [-0.15, -0.1) is 11.8 Å². The van der Waals surface area contributed by atoms with Gasteiger partial charge in [-0.3, -0.25) is 10.5 Å². The number of fused-ring (bicyclic) bond motifs is 1. The molecule has 2 aromatic rings. The first-order chi connectivity index (χ1) is 9.28. The third-order valence-electron chi connectivity index (χ3n) is 3.17. The van der Waals surface area contributed by atoms with Crippen LogP contribution in [0.5, 0.6) is 5.75 Å². The third-order valence-corrected chi connectivity index (χ3v) is 4.31. The molecule has 1 aromatic carbocycles. The first kappa shape index (κ1) is 12.5. The van der Waals surface area contributed by atoms with E-state index in [9.17, 15) is 0 Å². The summed E-state index contributed by atoms with van der Waals surface area (Å²) in [5.41, 5.74) is 3.88. The van der Waals surface area contributed by atoms with Gasteiger partial charge in [0.15, 0.2) is 0 Å². The first-order valence-electron chi connectivity index (χ1n) is 6.11. The van der Waals surface area contributed by atoms with E-state index in [0.29, 0.717) is 0 Å². The maximum atomic E-state index is 6.05. The van der Waals surface area contributed by atoms with E-state index in [1.54, 1.807) is 16.4 Å². The Hall–Kier alpha value is -1.50. The molecule has 0 bridgehead atoms. The Balaban J connectivity index is 1.83. The number of hydrazine groups is 1. The largest absolute Gasteiger partial charge is 0.486 e. The summed E-state index contributed by atoms with van der Waals surface area (Å²) in [6.45, 7) is 0. The van der Waals surface area contributed by atoms with E-state index < -0.39 is 0 Å². The Labute approximate surface area is 116 Å². The van der Waals surface area contributed by atoms with E-state index in [2.05, 4.69) is 16.6 Å². The van der Waals surface area contributed by atoms with Gasteiger partial charge in [0.1, 0.15) is 11.9 Å². The number of rotatable bonds is 3. The van der Waals surface area contributed by atoms with Crippen LogP contribution in [0.15, 0.2) is 41.6 Å². The zero-order valence-electron chi connectivity index (χ0n) is 10.6. The van der Waals surface area contributed by atoms with Crippen molar-refractivity contribution in [3.05, 3.63) is 42.2 Å². The quantitative estimate of drug-likeness (QED) is 0.656. The van der Waals surface area contributed by atoms with Gasteiger partial charge in [-0.1, -0.05) is 12.1 Å². The molecule has 0 radical (unpaired) electrons. The molecular formula is C13H16N4OS. The van der Waals surface area contributed by atoms with Crippen molar-refractivity contribution in [3.63, 3.8) is 0 Å². The van der Waals surface area contributed by atoms with E-state index in [1.165, 1.54) is 4.90 Å². The SMILES string of the molecule is Cn1cc(C(NN)C2CSc3ccccc3O2)cn1. The number of aromatic nitrogens is 2. The molecule has 1 aliphatic rings. The predicted octanol–water partition coefficient (Wildman–Crippen LogP) is 1.48. The summed E-state index contributed by atoms with van der Waals surface area (Å²) in [4.78, 5) is 1.18. The van der Waals surface area contributed by atoms with Crippen molar-refractivity contribution in [2.75, 3.05) is 5.75 Å². The van der Waals surface area contributed by atoms with Crippen LogP contribution in [0.4, 0.5) is 0 Å². The second-order valence-corrected chi connectivity index (χ2v) is 5.57. The standard InChI is InChI=1S/C13H16N4OS/c1-17-7-9(6-15-17)13(16-14)11-8-19-12-5-3-2-4-10(12)18-11/h2-7,11,13,16H,8,14H2,1H3. The second kappa shape index (κ2) is 5.24. The summed E-state index contributed by atoms with van der Waals surface area (Å²) in [5.74, 6) is 7.47. The molecular weight excluding hydrogens is 260 g/mol. The predicted molar refractivity (Wildman–Crippen MR) is 74.9 cm³/mol. The van der Waals surface area contributed by atoms with Crippen LogP contribution in [0, 0.1) is 0 Å². The van der Waals surface area contributed by atoms with Crippen molar-refractivity contribution in [3.8, 4) is 5.75 Å². The molecule has 3 rings (SSSR count). The van der Waals surface area contributed by atoms with Gasteiger partial charge in [0.2, 0.25) is 0 Å². The molecule has 19 heavy (non-hydrogen) atoms. The van der Waals surface area contributed by atoms with Crippen molar-refractivity contribution in [2.24, 2.45) is 12.9 Å². The van der Waals surface area contributed by atoms with Crippen molar-refractivity contribution in [2.45, 2.75) is 17.0 Å². The Morgan fingerprint density at radius 2 is 2.37 bits per heavy atom. The van der Waals surface area contributed by atoms with Crippen molar-refractivity contribution >= 4 is 11.8 Å². The van der Waals surface area contributed by atoms with E-state index >= 15 is 0 Å². The summed E-state index contributed by atoms with van der Waals surface area (Å²) in [6.07, 6.45) is 3.77. The highest BCUT2D eigenvalue weighted by molar-refractivity contribution is 7.99. The molecule has 0 spiro atoms. The number of nitrogens with zero attached hydrogens (tertiary/aromatic N) is 2. The first-order valence-corrected chi connectivity index (χ1v) is 7.09. The number of benzene rings is 1. The molecule has 0 fully saturated rings. The lowest BCUT2D eigenvalue weighted by molar-refractivity contribution is 0.167. The molecule has 1 aliphatic heterocycles. The summed E-state index contributed by atoms with van der Waals surface area (Å²) >= 11 is 1.79. The van der Waals surface area contributed by atoms with Gasteiger partial charge in [0, 0.05) is 29.5 Å². The monoisotopic (exact) mass is 276 g/mol. The highest BCUT2D eigenvalue weighted by atomic mass is 32.2. The molecule has 2 unspecified atom stereocenters. The van der Waals surface area contributed by atoms with Gasteiger partial charge in [-0.25, -0.2) is 5.43 Å². The van der Waals surface area contributed by atoms with Crippen LogP contribution in [0.3, 0.4) is 0 Å². The number of hydrogen-bond donors (Lipinski definition) is 2. The fraction of sp³-hybridized carbons (Fsp3) is 0.308. The number of aryl methyl sites for hydroxylation is 1. The fourth-order valence-electron chi connectivity index (χ4n) is 2.22. The van der Waals surface area contributed by atoms with Crippen LogP contribution in [0.1, 0.15) is 11.6 Å². The lowest BCUT2D eigenvalue weighted by atomic mass is 10.1. The smallest absolute Gasteiger partial charge is 0.133 e. The molecule has 100 valence electrons. The van der Waals surface area contributed by atoms with Gasteiger partial charge in [-0.2, -0.15) is 5.10 Å². The lowest BCUT2D eigenvalue weighted by Gasteiger charge is -2.30. The number of hydrogen-bond acceptors (Lipinski definition) is 5. The van der Waals surface area contributed by atoms with Crippen LogP contribution in [0.25, 0.3) is 0 Å². The van der Waals surface area contributed by atoms with Gasteiger partial charge in [0.25, 0.3) is 0 Å². The average molecular weight is 276 g/mol. The highest BCUT2D eigenvalue weighted by Gasteiger charge is 2.29. The zero-order chi connectivity index (χ0) is 13.2. The molecule has 6 heteroatoms. The third kappa shape index (κ3) is 2.47. The maximum absolute atomic E-state index is 6.05. The van der Waals surface area contributed by atoms with Crippen molar-refractivity contribution < 1.29 is 4.74 Å². The second-order valence-electron chi connectivity index (χ2n) is 4.51. The summed E-state index contributed by atoms with van der Waals surface area (Å²) < 4.78 is 7.82. The topological polar surface area (TPSA) is 65.1 Å². The van der Waals surface area contributed by atoms with Crippen molar-refractivity contribution in [1.29, 1.82) is 0 Å². The summed E-state index contributed by atoms with van der Waals surface area (Å²) in [6, 6.07) is 8.01. The van der Waals surface area contributed by atoms with Crippen LogP contribution >= 0.6 is 11.8 Å². The van der Waals surface area contributed by atoms with Gasteiger partial charge in [0.05, 0.1) is 12.2 Å². The summed E-state index contributed by atoms with van der Waals surface area (Å²) in [7, 11) is 1.89. The minimum absolute atomic E-state index is 0.00546. The molecule has 0 aliphatic carbocycles. The minimum atomic E-state index is -0.0606. The molecule has 0 saturated carbocycles. The van der Waals surface area contributed by atoms with Crippen molar-refractivity contribution in [1.82, 2.24) is 15.2 Å². The molecule has 5 nitrogen and oxygen atoms in total. The van der Waals surface area contributed by atoms with Gasteiger partial charge >= 0.3 is 0 Å². The average Bonchev–Trinajstić information content (AvgIpc) is 2.86. The van der Waals surface area contributed by atoms with Gasteiger partial charge in [-0.05, 0) is 12.1 Å². The van der Waals surface area contributed by atoms with E-state index in [-0.39, 0.29) is 12.1 Å². The Kier molecular flexibility index (Phi) is 3.46. The highest BCUT2D eigenvalue weighted by Crippen LogP contribution is 2.37. The van der Waals surface area contributed by atoms with Crippen LogP contribution < -0.4 is 16.0 Å². The molecule has 2 heterocycles. The van der Waals surface area contributed by atoms with E-state index in [0.717, 1.165) is 17.1 Å². The Morgan fingerprint density at radius 1 is 1.53 bits per heavy atom. The Morgan fingerprint density at radius 3 is 3.11 bits per heavy atom. The normalized spacial score (nSPS) is 19.6.